The summed E-state index contributed by atoms with van der Waals surface area (Å²) in [4.78, 5) is 27.7. The molecule has 8 atom stereocenters. The fraction of sp³-hybridized carbons (Fsp3) is 0.622. The third-order valence-electron chi connectivity index (χ3n) is 12.4. The quantitative estimate of drug-likeness (QED) is 0.300. The van der Waals surface area contributed by atoms with E-state index in [2.05, 4.69) is 55.4 Å². The lowest BCUT2D eigenvalue weighted by molar-refractivity contribution is -0.156. The van der Waals surface area contributed by atoms with Gasteiger partial charge in [-0.25, -0.2) is 9.59 Å². The average Bonchev–Trinajstić information content (AvgIpc) is 3.69. The number of carbonyl (C=O) groups excluding carboxylic acids is 2. The van der Waals surface area contributed by atoms with Crippen LogP contribution in [0.5, 0.6) is 0 Å². The lowest BCUT2D eigenvalue weighted by atomic mass is 9.47. The standard InChI is InChI=1S/C37H48O5/c1-22(2)34-19-20-35(21-34,23(3)4)29-28(34)36(24(5)6)30(40-32(38)26-15-11-9-12-16-26)31(37(29,42-36)25(7)8)41-33(39)27-17-13-10-14-18-27/h9-18,22-25,28-31H,19-21H2,1-8H3. The smallest absolute Gasteiger partial charge is 0.338 e. The van der Waals surface area contributed by atoms with E-state index in [1.54, 1.807) is 24.3 Å². The van der Waals surface area contributed by atoms with E-state index < -0.39 is 35.3 Å². The van der Waals surface area contributed by atoms with Gasteiger partial charge in [0.1, 0.15) is 11.2 Å². The van der Waals surface area contributed by atoms with Crippen molar-refractivity contribution >= 4 is 11.9 Å². The molecule has 226 valence electrons. The van der Waals surface area contributed by atoms with E-state index in [0.29, 0.717) is 23.0 Å². The molecule has 0 amide bonds. The summed E-state index contributed by atoms with van der Waals surface area (Å²) >= 11 is 0. The Morgan fingerprint density at radius 1 is 0.619 bits per heavy atom. The second-order valence-corrected chi connectivity index (χ2v) is 14.9. The minimum absolute atomic E-state index is 0.0406. The van der Waals surface area contributed by atoms with Gasteiger partial charge in [-0.1, -0.05) is 91.8 Å². The summed E-state index contributed by atoms with van der Waals surface area (Å²) in [7, 11) is 0. The maximum absolute atomic E-state index is 13.8. The van der Waals surface area contributed by atoms with Gasteiger partial charge in [0, 0.05) is 11.8 Å². The number of hydrogen-bond donors (Lipinski definition) is 0. The topological polar surface area (TPSA) is 61.8 Å². The summed E-state index contributed by atoms with van der Waals surface area (Å²) in [6.45, 7) is 18.3. The predicted octanol–water partition coefficient (Wildman–Crippen LogP) is 7.99. The maximum atomic E-state index is 13.8. The van der Waals surface area contributed by atoms with Crippen LogP contribution in [-0.4, -0.2) is 35.3 Å². The van der Waals surface area contributed by atoms with Crippen LogP contribution in [0.4, 0.5) is 0 Å². The van der Waals surface area contributed by atoms with Crippen LogP contribution in [0.15, 0.2) is 60.7 Å². The Morgan fingerprint density at radius 3 is 1.29 bits per heavy atom. The third kappa shape index (κ3) is 3.64. The lowest BCUT2D eigenvalue weighted by Crippen LogP contribution is -2.67. The molecule has 0 N–H and O–H groups in total. The molecular weight excluding hydrogens is 524 g/mol. The van der Waals surface area contributed by atoms with Gasteiger partial charge < -0.3 is 14.2 Å². The van der Waals surface area contributed by atoms with E-state index in [-0.39, 0.29) is 34.5 Å². The van der Waals surface area contributed by atoms with Gasteiger partial charge >= 0.3 is 11.9 Å². The fourth-order valence-corrected chi connectivity index (χ4v) is 10.4. The van der Waals surface area contributed by atoms with Gasteiger partial charge in [-0.15, -0.1) is 0 Å². The molecule has 2 saturated carbocycles. The summed E-state index contributed by atoms with van der Waals surface area (Å²) < 4.78 is 20.8. The van der Waals surface area contributed by atoms with Crippen molar-refractivity contribution in [3.63, 3.8) is 0 Å². The molecule has 4 bridgehead atoms. The van der Waals surface area contributed by atoms with Gasteiger partial charge in [-0.2, -0.15) is 0 Å². The molecule has 2 heterocycles. The van der Waals surface area contributed by atoms with Crippen molar-refractivity contribution < 1.29 is 23.8 Å². The monoisotopic (exact) mass is 572 g/mol. The first kappa shape index (κ1) is 29.4. The fourth-order valence-electron chi connectivity index (χ4n) is 10.4. The highest BCUT2D eigenvalue weighted by Gasteiger charge is 2.89. The number of rotatable bonds is 8. The molecule has 8 unspecified atom stereocenters. The van der Waals surface area contributed by atoms with Crippen LogP contribution in [0.25, 0.3) is 0 Å². The van der Waals surface area contributed by atoms with Gasteiger partial charge in [0.15, 0.2) is 12.2 Å². The summed E-state index contributed by atoms with van der Waals surface area (Å²) in [6, 6.07) is 18.3. The van der Waals surface area contributed by atoms with E-state index in [9.17, 15) is 9.59 Å². The molecule has 0 spiro atoms. The highest BCUT2D eigenvalue weighted by atomic mass is 16.7. The van der Waals surface area contributed by atoms with Crippen molar-refractivity contribution in [1.29, 1.82) is 0 Å². The Bertz CT molecular complexity index is 1230. The summed E-state index contributed by atoms with van der Waals surface area (Å²) in [5.74, 6) is 0.588. The SMILES string of the molecule is CC(C)C12CCC(C(C)C)(C1)C1C2C2(C(C)C)OC1(C(C)C)C(OC(=O)c1ccccc1)C2OC(=O)c1ccccc1. The van der Waals surface area contributed by atoms with E-state index in [1.807, 2.05) is 36.4 Å². The van der Waals surface area contributed by atoms with Gasteiger partial charge in [-0.05, 0) is 78.0 Å². The first-order valence-electron chi connectivity index (χ1n) is 16.1. The second kappa shape index (κ2) is 9.94. The summed E-state index contributed by atoms with van der Waals surface area (Å²) in [5, 5.41) is 0. The molecule has 2 aliphatic heterocycles. The molecule has 5 heteroatoms. The molecule has 42 heavy (non-hydrogen) atoms. The van der Waals surface area contributed by atoms with Crippen molar-refractivity contribution in [2.45, 2.75) is 98.1 Å². The Balaban J connectivity index is 1.56. The highest BCUT2D eigenvalue weighted by molar-refractivity contribution is 5.90. The second-order valence-electron chi connectivity index (χ2n) is 14.9. The molecule has 6 rings (SSSR count). The van der Waals surface area contributed by atoms with Crippen LogP contribution in [0.3, 0.4) is 0 Å². The number of ether oxygens (including phenoxy) is 3. The Kier molecular flexibility index (Phi) is 6.96. The van der Waals surface area contributed by atoms with E-state index in [0.717, 1.165) is 19.3 Å². The highest BCUT2D eigenvalue weighted by Crippen LogP contribution is 2.84. The Morgan fingerprint density at radius 2 is 0.976 bits per heavy atom. The molecule has 2 aromatic carbocycles. The van der Waals surface area contributed by atoms with Crippen molar-refractivity contribution in [2.75, 3.05) is 0 Å². The summed E-state index contributed by atoms with van der Waals surface area (Å²) in [5.41, 5.74) is -0.422. The number of esters is 2. The van der Waals surface area contributed by atoms with Crippen molar-refractivity contribution in [1.82, 2.24) is 0 Å². The van der Waals surface area contributed by atoms with Gasteiger partial charge in [0.25, 0.3) is 0 Å². The van der Waals surface area contributed by atoms with Crippen molar-refractivity contribution in [3.8, 4) is 0 Å². The van der Waals surface area contributed by atoms with E-state index >= 15 is 0 Å². The molecule has 5 nitrogen and oxygen atoms in total. The first-order chi connectivity index (χ1) is 19.9. The zero-order chi connectivity index (χ0) is 30.2. The van der Waals surface area contributed by atoms with Crippen molar-refractivity contribution in [3.05, 3.63) is 71.8 Å². The van der Waals surface area contributed by atoms with E-state index in [1.165, 1.54) is 0 Å². The number of carbonyl (C=O) groups is 2. The minimum atomic E-state index is -0.775. The zero-order valence-electron chi connectivity index (χ0n) is 26.6. The average molecular weight is 573 g/mol. The van der Waals surface area contributed by atoms with Crippen LogP contribution in [0.2, 0.25) is 0 Å². The molecule has 2 saturated heterocycles. The molecule has 2 aliphatic carbocycles. The molecule has 4 aliphatic rings. The van der Waals surface area contributed by atoms with Gasteiger partial charge in [0.05, 0.1) is 11.1 Å². The van der Waals surface area contributed by atoms with Crippen LogP contribution < -0.4 is 0 Å². The minimum Gasteiger partial charge on any atom is -0.452 e. The Labute approximate surface area is 251 Å². The van der Waals surface area contributed by atoms with E-state index in [4.69, 9.17) is 14.2 Å². The summed E-state index contributed by atoms with van der Waals surface area (Å²) in [6.07, 6.45) is 2.02. The van der Waals surface area contributed by atoms with Crippen LogP contribution in [0, 0.1) is 46.3 Å². The molecule has 0 aromatic heterocycles. The first-order valence-corrected chi connectivity index (χ1v) is 16.1. The largest absolute Gasteiger partial charge is 0.452 e. The van der Waals surface area contributed by atoms with Crippen LogP contribution >= 0.6 is 0 Å². The van der Waals surface area contributed by atoms with Crippen molar-refractivity contribution in [2.24, 2.45) is 46.3 Å². The predicted molar refractivity (Wildman–Crippen MR) is 163 cm³/mol. The molecule has 0 radical (unpaired) electrons. The molecular formula is C37H48O5. The maximum Gasteiger partial charge on any atom is 0.338 e. The van der Waals surface area contributed by atoms with Crippen LogP contribution in [-0.2, 0) is 14.2 Å². The molecule has 2 aromatic rings. The lowest BCUT2D eigenvalue weighted by Gasteiger charge is -2.57. The molecule has 4 fully saturated rings. The Hall–Kier alpha value is -2.66. The number of hydrogen-bond acceptors (Lipinski definition) is 5. The number of fused-ring (bicyclic) bond motifs is 9. The number of benzene rings is 2. The third-order valence-corrected chi connectivity index (χ3v) is 12.4. The van der Waals surface area contributed by atoms with Gasteiger partial charge in [-0.3, -0.25) is 0 Å². The zero-order valence-corrected chi connectivity index (χ0v) is 26.6. The van der Waals surface area contributed by atoms with Crippen LogP contribution in [0.1, 0.15) is 95.4 Å². The normalized spacial score (nSPS) is 38.1. The van der Waals surface area contributed by atoms with Gasteiger partial charge in [0.2, 0.25) is 0 Å².